The van der Waals surface area contributed by atoms with Crippen LogP contribution in [-0.2, 0) is 14.6 Å². The van der Waals surface area contributed by atoms with Crippen molar-refractivity contribution < 1.29 is 14.6 Å². The zero-order valence-electron chi connectivity index (χ0n) is 8.17. The summed E-state index contributed by atoms with van der Waals surface area (Å²) in [7, 11) is 0. The second kappa shape index (κ2) is 4.61. The lowest BCUT2D eigenvalue weighted by Gasteiger charge is -2.29. The number of rotatable bonds is 3. The molecule has 0 aromatic heterocycles. The van der Waals surface area contributed by atoms with Crippen LogP contribution in [0.4, 0.5) is 0 Å². The molecule has 3 nitrogen and oxygen atoms in total. The van der Waals surface area contributed by atoms with Crippen LogP contribution in [0.5, 0.6) is 0 Å². The molecule has 0 atom stereocenters. The third-order valence-electron chi connectivity index (χ3n) is 2.37. The molecule has 0 aliphatic heterocycles. The maximum atomic E-state index is 11.8. The smallest absolute Gasteiger partial charge is 0.308 e. The Kier molecular flexibility index (Phi) is 3.72. The van der Waals surface area contributed by atoms with Gasteiger partial charge in [0.15, 0.2) is 0 Å². The quantitative estimate of drug-likeness (QED) is 0.500. The predicted octanol–water partition coefficient (Wildman–Crippen LogP) is 2.42. The Bertz CT molecular complexity index is 171. The van der Waals surface area contributed by atoms with E-state index in [9.17, 15) is 9.90 Å². The summed E-state index contributed by atoms with van der Waals surface area (Å²) < 4.78 is 4.92. The molecule has 0 unspecified atom stereocenters. The molecule has 1 fully saturated rings. The van der Waals surface area contributed by atoms with Crippen molar-refractivity contribution in [3.8, 4) is 0 Å². The molecular weight excluding hydrogens is 168 g/mol. The van der Waals surface area contributed by atoms with Gasteiger partial charge in [0.05, 0.1) is 0 Å². The zero-order chi connectivity index (χ0) is 9.73. The summed E-state index contributed by atoms with van der Waals surface area (Å²) in [4.78, 5) is 11.1. The Morgan fingerprint density at radius 2 is 1.92 bits per heavy atom. The maximum absolute atomic E-state index is 11.8. The van der Waals surface area contributed by atoms with Crippen LogP contribution >= 0.6 is 0 Å². The van der Waals surface area contributed by atoms with Crippen molar-refractivity contribution in [2.75, 3.05) is 0 Å². The van der Waals surface area contributed by atoms with Crippen LogP contribution in [0.15, 0.2) is 0 Å². The molecule has 0 saturated heterocycles. The topological polar surface area (TPSA) is 46.2 Å². The van der Waals surface area contributed by atoms with Crippen LogP contribution in [0.3, 0.4) is 0 Å². The summed E-state index contributed by atoms with van der Waals surface area (Å²) in [5, 5.41) is 11.8. The number of esters is 1. The van der Waals surface area contributed by atoms with E-state index < -0.39 is 5.79 Å². The van der Waals surface area contributed by atoms with Gasteiger partial charge >= 0.3 is 5.97 Å². The van der Waals surface area contributed by atoms with Gasteiger partial charge in [0.2, 0.25) is 5.79 Å². The molecule has 0 heterocycles. The fourth-order valence-corrected chi connectivity index (χ4v) is 1.66. The summed E-state index contributed by atoms with van der Waals surface area (Å²) in [5.41, 5.74) is 0. The van der Waals surface area contributed by atoms with Crippen LogP contribution < -0.4 is 0 Å². The molecule has 1 aliphatic carbocycles. The summed E-state index contributed by atoms with van der Waals surface area (Å²) in [6.07, 6.45) is 4.96. The van der Waals surface area contributed by atoms with Crippen molar-refractivity contribution in [3.05, 3.63) is 0 Å². The molecule has 1 radical (unpaired) electrons. The molecule has 0 spiro atoms. The van der Waals surface area contributed by atoms with Crippen molar-refractivity contribution in [1.29, 1.82) is 0 Å². The average Bonchev–Trinajstić information content (AvgIpc) is 2.04. The average molecular weight is 185 g/mol. The molecule has 75 valence electrons. The lowest BCUT2D eigenvalue weighted by molar-refractivity contribution is -0.246. The van der Waals surface area contributed by atoms with Crippen molar-refractivity contribution in [3.63, 3.8) is 0 Å². The minimum atomic E-state index is -1.40. The zero-order valence-corrected chi connectivity index (χ0v) is 8.17. The van der Waals surface area contributed by atoms with E-state index in [-0.39, 0.29) is 5.97 Å². The van der Waals surface area contributed by atoms with E-state index in [1.165, 1.54) is 0 Å². The molecule has 3 heteroatoms. The van der Waals surface area contributed by atoms with Gasteiger partial charge in [0.25, 0.3) is 0 Å². The van der Waals surface area contributed by atoms with E-state index in [1.807, 2.05) is 6.92 Å². The first-order chi connectivity index (χ1) is 6.16. The highest BCUT2D eigenvalue weighted by Gasteiger charge is 2.34. The first-order valence-electron chi connectivity index (χ1n) is 5.08. The Labute approximate surface area is 79.1 Å². The highest BCUT2D eigenvalue weighted by molar-refractivity contribution is 5.69. The largest absolute Gasteiger partial charge is 0.430 e. The van der Waals surface area contributed by atoms with Gasteiger partial charge in [-0.15, -0.1) is 0 Å². The number of carbonyl (C=O) groups excluding carboxylic acids is 1. The van der Waals surface area contributed by atoms with Crippen LogP contribution in [-0.4, -0.2) is 11.8 Å². The fourth-order valence-electron chi connectivity index (χ4n) is 1.66. The number of hydrogen-bond donors (Lipinski definition) is 0. The van der Waals surface area contributed by atoms with Crippen LogP contribution in [0, 0.1) is 0 Å². The number of ether oxygens (including phenoxy) is 1. The maximum Gasteiger partial charge on any atom is 0.308 e. The first kappa shape index (κ1) is 10.5. The van der Waals surface area contributed by atoms with Crippen LogP contribution in [0.25, 0.3) is 0 Å². The van der Waals surface area contributed by atoms with Gasteiger partial charge in [0, 0.05) is 19.3 Å². The van der Waals surface area contributed by atoms with E-state index in [2.05, 4.69) is 0 Å². The van der Waals surface area contributed by atoms with Crippen LogP contribution in [0.2, 0.25) is 0 Å². The third-order valence-corrected chi connectivity index (χ3v) is 2.37. The Morgan fingerprint density at radius 3 is 2.46 bits per heavy atom. The summed E-state index contributed by atoms with van der Waals surface area (Å²) in [5.74, 6) is -1.73. The summed E-state index contributed by atoms with van der Waals surface area (Å²) in [6.45, 7) is 1.90. The van der Waals surface area contributed by atoms with Gasteiger partial charge in [-0.3, -0.25) is 4.79 Å². The van der Waals surface area contributed by atoms with Gasteiger partial charge in [-0.25, -0.2) is 0 Å². The molecule has 1 aliphatic rings. The molecule has 1 rings (SSSR count). The molecule has 1 saturated carbocycles. The lowest BCUT2D eigenvalue weighted by Crippen LogP contribution is -2.35. The van der Waals surface area contributed by atoms with Crippen molar-refractivity contribution in [2.24, 2.45) is 0 Å². The van der Waals surface area contributed by atoms with E-state index in [1.54, 1.807) is 0 Å². The van der Waals surface area contributed by atoms with Crippen molar-refractivity contribution in [1.82, 2.24) is 0 Å². The first-order valence-corrected chi connectivity index (χ1v) is 5.08. The number of carbonyl (C=O) groups is 1. The summed E-state index contributed by atoms with van der Waals surface area (Å²) in [6, 6.07) is 0. The molecule has 0 amide bonds. The van der Waals surface area contributed by atoms with Gasteiger partial charge in [-0.05, 0) is 19.3 Å². The molecular formula is C10H17O3. The lowest BCUT2D eigenvalue weighted by atomic mass is 9.94. The van der Waals surface area contributed by atoms with Gasteiger partial charge in [-0.1, -0.05) is 13.3 Å². The molecule has 0 aromatic rings. The fraction of sp³-hybridized carbons (Fsp3) is 0.900. The molecule has 13 heavy (non-hydrogen) atoms. The van der Waals surface area contributed by atoms with Gasteiger partial charge in [-0.2, -0.15) is 5.11 Å². The highest BCUT2D eigenvalue weighted by atomic mass is 16.7. The minimum absolute atomic E-state index is 0.334. The third kappa shape index (κ3) is 3.35. The normalized spacial score (nSPS) is 21.1. The Balaban J connectivity index is 2.36. The van der Waals surface area contributed by atoms with E-state index in [0.29, 0.717) is 19.3 Å². The van der Waals surface area contributed by atoms with E-state index in [4.69, 9.17) is 4.74 Å². The summed E-state index contributed by atoms with van der Waals surface area (Å²) >= 11 is 0. The van der Waals surface area contributed by atoms with Crippen molar-refractivity contribution >= 4 is 5.97 Å². The van der Waals surface area contributed by atoms with E-state index >= 15 is 0 Å². The monoisotopic (exact) mass is 185 g/mol. The van der Waals surface area contributed by atoms with Crippen LogP contribution in [0.1, 0.15) is 51.9 Å². The standard InChI is InChI=1S/C10H17O3/c1-2-6-9(11)13-10(12)7-4-3-5-8-10/h2-8H2,1H3. The van der Waals surface area contributed by atoms with Crippen molar-refractivity contribution in [2.45, 2.75) is 57.7 Å². The SMILES string of the molecule is CCCC(=O)OC1([O])CCCCC1. The van der Waals surface area contributed by atoms with Gasteiger partial charge in [0.1, 0.15) is 0 Å². The number of hydrogen-bond acceptors (Lipinski definition) is 2. The van der Waals surface area contributed by atoms with Gasteiger partial charge < -0.3 is 4.74 Å². The predicted molar refractivity (Wildman–Crippen MR) is 47.5 cm³/mol. The van der Waals surface area contributed by atoms with E-state index in [0.717, 1.165) is 25.7 Å². The molecule has 0 bridgehead atoms. The second-order valence-corrected chi connectivity index (χ2v) is 3.70. The molecule has 0 N–H and O–H groups in total. The second-order valence-electron chi connectivity index (χ2n) is 3.70. The minimum Gasteiger partial charge on any atom is -0.430 e. The Morgan fingerprint density at radius 1 is 1.31 bits per heavy atom. The highest BCUT2D eigenvalue weighted by Crippen LogP contribution is 2.30. The Hall–Kier alpha value is -0.570. The molecule has 0 aromatic carbocycles.